The van der Waals surface area contributed by atoms with E-state index in [-0.39, 0.29) is 11.8 Å². The number of nitrogens with zero attached hydrogens (tertiary/aromatic N) is 2. The molecule has 1 fully saturated rings. The summed E-state index contributed by atoms with van der Waals surface area (Å²) >= 11 is 0. The third-order valence-corrected chi connectivity index (χ3v) is 5.31. The van der Waals surface area contributed by atoms with Gasteiger partial charge in [0.25, 0.3) is 0 Å². The summed E-state index contributed by atoms with van der Waals surface area (Å²) in [4.78, 5) is 15.0. The van der Waals surface area contributed by atoms with E-state index in [1.165, 1.54) is 0 Å². The zero-order chi connectivity index (χ0) is 20.1. The SMILES string of the molecule is COc1cccc(-c2ccc(NC(=O)C3CCCN(Cc4ccon4)C3)cc2)c1. The van der Waals surface area contributed by atoms with E-state index in [4.69, 9.17) is 9.26 Å². The van der Waals surface area contributed by atoms with Crippen LogP contribution in [0.2, 0.25) is 0 Å². The molecule has 1 atom stereocenters. The lowest BCUT2D eigenvalue weighted by molar-refractivity contribution is -0.121. The van der Waals surface area contributed by atoms with Crippen molar-refractivity contribution in [2.75, 3.05) is 25.5 Å². The Kier molecular flexibility index (Phi) is 5.91. The first-order valence-corrected chi connectivity index (χ1v) is 9.88. The zero-order valence-electron chi connectivity index (χ0n) is 16.5. The van der Waals surface area contributed by atoms with Crippen molar-refractivity contribution in [3.05, 3.63) is 66.6 Å². The van der Waals surface area contributed by atoms with Gasteiger partial charge in [0.1, 0.15) is 12.0 Å². The first kappa shape index (κ1) is 19.2. The molecule has 1 unspecified atom stereocenters. The van der Waals surface area contributed by atoms with Crippen molar-refractivity contribution in [2.45, 2.75) is 19.4 Å². The second-order valence-electron chi connectivity index (χ2n) is 7.36. The number of aromatic nitrogens is 1. The molecule has 29 heavy (non-hydrogen) atoms. The number of carbonyl (C=O) groups is 1. The third kappa shape index (κ3) is 4.84. The number of amides is 1. The lowest BCUT2D eigenvalue weighted by Gasteiger charge is -2.31. The maximum Gasteiger partial charge on any atom is 0.228 e. The Balaban J connectivity index is 1.36. The van der Waals surface area contributed by atoms with Crippen LogP contribution in [0.15, 0.2) is 65.4 Å². The lowest BCUT2D eigenvalue weighted by Crippen LogP contribution is -2.40. The van der Waals surface area contributed by atoms with Gasteiger partial charge < -0.3 is 14.6 Å². The Morgan fingerprint density at radius 2 is 2.07 bits per heavy atom. The van der Waals surface area contributed by atoms with Crippen LogP contribution in [-0.2, 0) is 11.3 Å². The van der Waals surface area contributed by atoms with Gasteiger partial charge in [-0.3, -0.25) is 9.69 Å². The van der Waals surface area contributed by atoms with E-state index in [0.29, 0.717) is 0 Å². The Hall–Kier alpha value is -3.12. The first-order chi connectivity index (χ1) is 14.2. The number of hydrogen-bond donors (Lipinski definition) is 1. The number of anilines is 1. The molecule has 4 rings (SSSR count). The highest BCUT2D eigenvalue weighted by atomic mass is 16.5. The fourth-order valence-corrected chi connectivity index (χ4v) is 3.75. The predicted octanol–water partition coefficient (Wildman–Crippen LogP) is 4.20. The van der Waals surface area contributed by atoms with Gasteiger partial charge in [-0.2, -0.15) is 0 Å². The van der Waals surface area contributed by atoms with Gasteiger partial charge in [-0.15, -0.1) is 0 Å². The normalized spacial score (nSPS) is 17.1. The van der Waals surface area contributed by atoms with E-state index in [1.54, 1.807) is 13.4 Å². The van der Waals surface area contributed by atoms with Gasteiger partial charge in [-0.05, 0) is 54.8 Å². The van der Waals surface area contributed by atoms with Crippen molar-refractivity contribution in [3.8, 4) is 16.9 Å². The molecule has 1 saturated heterocycles. The molecule has 6 heteroatoms. The maximum absolute atomic E-state index is 12.8. The van der Waals surface area contributed by atoms with Crippen molar-refractivity contribution in [1.82, 2.24) is 10.1 Å². The fourth-order valence-electron chi connectivity index (χ4n) is 3.75. The predicted molar refractivity (Wildman–Crippen MR) is 112 cm³/mol. The molecule has 6 nitrogen and oxygen atoms in total. The van der Waals surface area contributed by atoms with Crippen LogP contribution in [0.1, 0.15) is 18.5 Å². The van der Waals surface area contributed by atoms with E-state index < -0.39 is 0 Å². The van der Waals surface area contributed by atoms with Crippen LogP contribution in [0.3, 0.4) is 0 Å². The smallest absolute Gasteiger partial charge is 0.228 e. The molecule has 0 saturated carbocycles. The number of benzene rings is 2. The van der Waals surface area contributed by atoms with Crippen LogP contribution in [0, 0.1) is 5.92 Å². The average Bonchev–Trinajstić information content (AvgIpc) is 3.27. The summed E-state index contributed by atoms with van der Waals surface area (Å²) in [6.45, 7) is 2.43. The van der Waals surface area contributed by atoms with E-state index >= 15 is 0 Å². The van der Waals surface area contributed by atoms with E-state index in [0.717, 1.165) is 60.7 Å². The molecule has 1 amide bonds. The first-order valence-electron chi connectivity index (χ1n) is 9.88. The summed E-state index contributed by atoms with van der Waals surface area (Å²) in [7, 11) is 1.66. The number of piperidine rings is 1. The second-order valence-corrected chi connectivity index (χ2v) is 7.36. The molecule has 0 spiro atoms. The molecule has 1 N–H and O–H groups in total. The van der Waals surface area contributed by atoms with Gasteiger partial charge in [-0.1, -0.05) is 29.4 Å². The summed E-state index contributed by atoms with van der Waals surface area (Å²) in [6, 6.07) is 17.7. The van der Waals surface area contributed by atoms with Crippen LogP contribution in [0.25, 0.3) is 11.1 Å². The highest BCUT2D eigenvalue weighted by molar-refractivity contribution is 5.93. The highest BCUT2D eigenvalue weighted by Crippen LogP contribution is 2.26. The molecule has 2 aromatic carbocycles. The van der Waals surface area contributed by atoms with Crippen LogP contribution >= 0.6 is 0 Å². The van der Waals surface area contributed by atoms with Crippen LogP contribution in [-0.4, -0.2) is 36.2 Å². The number of likely N-dealkylation sites (tertiary alicyclic amines) is 1. The number of rotatable bonds is 6. The van der Waals surface area contributed by atoms with E-state index in [9.17, 15) is 4.79 Å². The van der Waals surface area contributed by atoms with Crippen molar-refractivity contribution in [3.63, 3.8) is 0 Å². The molecule has 0 aliphatic carbocycles. The number of carbonyl (C=O) groups excluding carboxylic acids is 1. The number of ether oxygens (including phenoxy) is 1. The largest absolute Gasteiger partial charge is 0.497 e. The molecular weight excluding hydrogens is 366 g/mol. The van der Waals surface area contributed by atoms with Crippen molar-refractivity contribution < 1.29 is 14.1 Å². The van der Waals surface area contributed by atoms with Gasteiger partial charge in [-0.25, -0.2) is 0 Å². The minimum Gasteiger partial charge on any atom is -0.497 e. The van der Waals surface area contributed by atoms with Gasteiger partial charge in [0.15, 0.2) is 0 Å². The summed E-state index contributed by atoms with van der Waals surface area (Å²) in [6.07, 6.45) is 3.49. The number of nitrogens with one attached hydrogen (secondary N) is 1. The van der Waals surface area contributed by atoms with E-state index in [1.807, 2.05) is 54.6 Å². The lowest BCUT2D eigenvalue weighted by atomic mass is 9.96. The Labute approximate surface area is 170 Å². The summed E-state index contributed by atoms with van der Waals surface area (Å²) in [5, 5.41) is 7.03. The highest BCUT2D eigenvalue weighted by Gasteiger charge is 2.26. The molecule has 2 heterocycles. The minimum absolute atomic E-state index is 0.0197. The Bertz CT molecular complexity index is 938. The zero-order valence-corrected chi connectivity index (χ0v) is 16.5. The van der Waals surface area contributed by atoms with Crippen molar-refractivity contribution >= 4 is 11.6 Å². The van der Waals surface area contributed by atoms with Gasteiger partial charge in [0.2, 0.25) is 5.91 Å². The molecular formula is C23H25N3O3. The standard InChI is InChI=1S/C23H25N3O3/c1-28-22-6-2-4-18(14-22)17-7-9-20(10-8-17)24-23(27)19-5-3-12-26(15-19)16-21-11-13-29-25-21/h2,4,6-11,13-14,19H,3,5,12,15-16H2,1H3,(H,24,27). The molecule has 0 bridgehead atoms. The molecule has 1 aromatic heterocycles. The van der Waals surface area contributed by atoms with Crippen molar-refractivity contribution in [1.29, 1.82) is 0 Å². The maximum atomic E-state index is 12.8. The molecule has 150 valence electrons. The van der Waals surface area contributed by atoms with Crippen LogP contribution in [0.4, 0.5) is 5.69 Å². The summed E-state index contributed by atoms with van der Waals surface area (Å²) in [5.74, 6) is 0.880. The van der Waals surface area contributed by atoms with Crippen LogP contribution < -0.4 is 10.1 Å². The quantitative estimate of drug-likeness (QED) is 0.682. The Morgan fingerprint density at radius 3 is 2.83 bits per heavy atom. The average molecular weight is 391 g/mol. The van der Waals surface area contributed by atoms with Gasteiger partial charge in [0, 0.05) is 24.8 Å². The van der Waals surface area contributed by atoms with E-state index in [2.05, 4.69) is 15.4 Å². The Morgan fingerprint density at radius 1 is 1.21 bits per heavy atom. The summed E-state index contributed by atoms with van der Waals surface area (Å²) in [5.41, 5.74) is 3.88. The summed E-state index contributed by atoms with van der Waals surface area (Å²) < 4.78 is 10.2. The number of methoxy groups -OCH3 is 1. The van der Waals surface area contributed by atoms with Gasteiger partial charge in [0.05, 0.1) is 18.7 Å². The molecule has 1 aliphatic heterocycles. The topological polar surface area (TPSA) is 67.6 Å². The van der Waals surface area contributed by atoms with Crippen molar-refractivity contribution in [2.24, 2.45) is 5.92 Å². The molecule has 1 aliphatic rings. The monoisotopic (exact) mass is 391 g/mol. The second kappa shape index (κ2) is 8.92. The molecule has 3 aromatic rings. The van der Waals surface area contributed by atoms with Gasteiger partial charge >= 0.3 is 0 Å². The molecule has 0 radical (unpaired) electrons. The third-order valence-electron chi connectivity index (χ3n) is 5.31. The minimum atomic E-state index is -0.0197. The van der Waals surface area contributed by atoms with Crippen LogP contribution in [0.5, 0.6) is 5.75 Å². The fraction of sp³-hybridized carbons (Fsp3) is 0.304. The number of hydrogen-bond acceptors (Lipinski definition) is 5.